The molecule has 7 rings (SSSR count). The van der Waals surface area contributed by atoms with E-state index in [1.54, 1.807) is 18.2 Å². The third-order valence-corrected chi connectivity index (χ3v) is 10.3. The zero-order chi connectivity index (χ0) is 40.0. The van der Waals surface area contributed by atoms with Crippen LogP contribution in [0.15, 0.2) is 128 Å². The molecule has 0 saturated heterocycles. The van der Waals surface area contributed by atoms with Crippen molar-refractivity contribution in [2.24, 2.45) is 0 Å². The van der Waals surface area contributed by atoms with Crippen LogP contribution in [0.1, 0.15) is 63.8 Å². The lowest BCUT2D eigenvalue weighted by molar-refractivity contribution is -0.0763. The maximum atomic E-state index is 12.6. The summed E-state index contributed by atoms with van der Waals surface area (Å²) < 4.78 is 32.6. The molecule has 0 aliphatic rings. The van der Waals surface area contributed by atoms with Crippen molar-refractivity contribution in [2.75, 3.05) is 19.8 Å². The van der Waals surface area contributed by atoms with E-state index in [1.165, 1.54) is 0 Å². The summed E-state index contributed by atoms with van der Waals surface area (Å²) in [7, 11) is 0. The normalized spacial score (nSPS) is 12.1. The summed E-state index contributed by atoms with van der Waals surface area (Å²) in [6, 6.07) is 31.6. The van der Waals surface area contributed by atoms with Crippen LogP contribution >= 0.6 is 0 Å². The average Bonchev–Trinajstić information content (AvgIpc) is 3.65. The molecule has 10 heteroatoms. The van der Waals surface area contributed by atoms with E-state index in [0.29, 0.717) is 66.2 Å². The van der Waals surface area contributed by atoms with Gasteiger partial charge in [-0.1, -0.05) is 53.2 Å². The first-order valence-electron chi connectivity index (χ1n) is 19.5. The molecule has 0 aliphatic heterocycles. The van der Waals surface area contributed by atoms with Crippen molar-refractivity contribution in [3.8, 4) is 28.4 Å². The van der Waals surface area contributed by atoms with Gasteiger partial charge < -0.3 is 23.0 Å². The molecule has 294 valence electrons. The molecule has 7 aromatic rings. The fraction of sp³-hybridized carbons (Fsp3) is 0.319. The Kier molecular flexibility index (Phi) is 11.8. The summed E-state index contributed by atoms with van der Waals surface area (Å²) in [6.45, 7) is 12.4. The van der Waals surface area contributed by atoms with Crippen LogP contribution in [0.3, 0.4) is 0 Å². The predicted octanol–water partition coefficient (Wildman–Crippen LogP) is 9.67. The molecule has 3 heterocycles. The van der Waals surface area contributed by atoms with Crippen molar-refractivity contribution in [3.63, 3.8) is 0 Å². The van der Waals surface area contributed by atoms with Crippen molar-refractivity contribution in [3.05, 3.63) is 147 Å². The monoisotopic (exact) mass is 767 g/mol. The van der Waals surface area contributed by atoms with Crippen LogP contribution in [0, 0.1) is 6.92 Å². The fourth-order valence-corrected chi connectivity index (χ4v) is 6.78. The van der Waals surface area contributed by atoms with Crippen molar-refractivity contribution < 1.29 is 23.0 Å². The molecular formula is C47H49N3O7. The minimum absolute atomic E-state index is 0.0534. The lowest BCUT2D eigenvalue weighted by atomic mass is 9.96. The molecule has 0 fully saturated rings. The van der Waals surface area contributed by atoms with Crippen LogP contribution in [-0.2, 0) is 28.0 Å². The standard InChI is InChI=1S/C47H49N3O7/c1-32-13-22-43-39(28-32)41(52)30-45(57-43)34-16-20-37(21-17-34)53-25-9-8-10-36-31-48-49-50(36)24-27-54-46(2,3)23-26-55-47(4,5)35-18-14-33(15-19-35)44-29-40(51)38-11-6-7-12-42(38)56-44/h6-7,11-22,28-31H,8-10,23-27H2,1-5H3. The highest BCUT2D eigenvalue weighted by Crippen LogP contribution is 2.30. The van der Waals surface area contributed by atoms with Gasteiger partial charge in [0.1, 0.15) is 28.4 Å². The minimum atomic E-state index is -0.526. The van der Waals surface area contributed by atoms with Crippen LogP contribution in [0.25, 0.3) is 44.6 Å². The highest BCUT2D eigenvalue weighted by atomic mass is 16.5. The first-order chi connectivity index (χ1) is 27.4. The second-order valence-corrected chi connectivity index (χ2v) is 15.5. The first kappa shape index (κ1) is 39.4. The Morgan fingerprint density at radius 3 is 2.09 bits per heavy atom. The summed E-state index contributed by atoms with van der Waals surface area (Å²) >= 11 is 0. The van der Waals surface area contributed by atoms with E-state index in [2.05, 4.69) is 38.0 Å². The Bertz CT molecular complexity index is 2570. The number of rotatable bonds is 17. The number of para-hydroxylation sites is 1. The number of fused-ring (bicyclic) bond motifs is 2. The average molecular weight is 768 g/mol. The number of nitrogens with zero attached hydrogens (tertiary/aromatic N) is 3. The Hall–Kier alpha value is -5.84. The Morgan fingerprint density at radius 2 is 1.35 bits per heavy atom. The van der Waals surface area contributed by atoms with Gasteiger partial charge in [0.25, 0.3) is 0 Å². The number of aromatic nitrogens is 3. The molecule has 0 unspecified atom stereocenters. The molecular weight excluding hydrogens is 719 g/mol. The minimum Gasteiger partial charge on any atom is -0.494 e. The van der Waals surface area contributed by atoms with Gasteiger partial charge in [-0.15, -0.1) is 5.10 Å². The lowest BCUT2D eigenvalue weighted by Crippen LogP contribution is -2.31. The van der Waals surface area contributed by atoms with Crippen molar-refractivity contribution in [1.29, 1.82) is 0 Å². The van der Waals surface area contributed by atoms with E-state index in [-0.39, 0.29) is 10.9 Å². The van der Waals surface area contributed by atoms with Crippen LogP contribution < -0.4 is 15.6 Å². The maximum absolute atomic E-state index is 12.6. The molecule has 0 N–H and O–H groups in total. The van der Waals surface area contributed by atoms with E-state index in [4.69, 9.17) is 23.0 Å². The van der Waals surface area contributed by atoms with Gasteiger partial charge in [0, 0.05) is 23.3 Å². The molecule has 0 radical (unpaired) electrons. The zero-order valence-corrected chi connectivity index (χ0v) is 33.2. The Labute approximate surface area is 332 Å². The fourth-order valence-electron chi connectivity index (χ4n) is 6.78. The second kappa shape index (κ2) is 17.1. The van der Waals surface area contributed by atoms with E-state index >= 15 is 0 Å². The smallest absolute Gasteiger partial charge is 0.193 e. The van der Waals surface area contributed by atoms with E-state index in [0.717, 1.165) is 53.0 Å². The van der Waals surface area contributed by atoms with Gasteiger partial charge >= 0.3 is 0 Å². The Morgan fingerprint density at radius 1 is 0.684 bits per heavy atom. The molecule has 4 aromatic carbocycles. The molecule has 57 heavy (non-hydrogen) atoms. The molecule has 0 spiro atoms. The van der Waals surface area contributed by atoms with Crippen LogP contribution in [0.4, 0.5) is 0 Å². The molecule has 0 amide bonds. The van der Waals surface area contributed by atoms with E-state index in [9.17, 15) is 9.59 Å². The number of hydrogen-bond acceptors (Lipinski definition) is 9. The summed E-state index contributed by atoms with van der Waals surface area (Å²) in [6.07, 6.45) is 5.16. The quantitative estimate of drug-likeness (QED) is 0.0835. The summed E-state index contributed by atoms with van der Waals surface area (Å²) in [4.78, 5) is 25.2. The van der Waals surface area contributed by atoms with E-state index in [1.807, 2.05) is 103 Å². The maximum Gasteiger partial charge on any atom is 0.193 e. The molecule has 0 saturated carbocycles. The number of unbranched alkanes of at least 4 members (excludes halogenated alkanes) is 1. The molecule has 0 bridgehead atoms. The SMILES string of the molecule is Cc1ccc2oc(-c3ccc(OCCCCc4cnnn4CCOC(C)(C)CCOC(C)(C)c4ccc(-c5cc(=O)c6ccccc6o5)cc4)cc3)cc(=O)c2c1. The zero-order valence-electron chi connectivity index (χ0n) is 33.2. The number of benzene rings is 4. The third kappa shape index (κ3) is 9.76. The highest BCUT2D eigenvalue weighted by molar-refractivity contribution is 5.80. The molecule has 10 nitrogen and oxygen atoms in total. The number of ether oxygens (including phenoxy) is 3. The predicted molar refractivity (Wildman–Crippen MR) is 223 cm³/mol. The molecule has 3 aromatic heterocycles. The summed E-state index contributed by atoms with van der Waals surface area (Å²) in [5.41, 5.74) is 4.88. The molecule has 0 atom stereocenters. The highest BCUT2D eigenvalue weighted by Gasteiger charge is 2.25. The van der Waals surface area contributed by atoms with E-state index < -0.39 is 11.2 Å². The van der Waals surface area contributed by atoms with Gasteiger partial charge in [-0.3, -0.25) is 9.59 Å². The Balaban J connectivity index is 0.813. The largest absolute Gasteiger partial charge is 0.494 e. The summed E-state index contributed by atoms with van der Waals surface area (Å²) in [5, 5.41) is 9.60. The van der Waals surface area contributed by atoms with Gasteiger partial charge in [0.2, 0.25) is 0 Å². The van der Waals surface area contributed by atoms with Crippen molar-refractivity contribution in [1.82, 2.24) is 15.0 Å². The van der Waals surface area contributed by atoms with Crippen LogP contribution in [-0.4, -0.2) is 40.4 Å². The van der Waals surface area contributed by atoms with Gasteiger partial charge in [0.15, 0.2) is 10.9 Å². The second-order valence-electron chi connectivity index (χ2n) is 15.5. The molecule has 0 aliphatic carbocycles. The lowest BCUT2D eigenvalue weighted by Gasteiger charge is -2.30. The van der Waals surface area contributed by atoms with Crippen LogP contribution in [0.5, 0.6) is 5.75 Å². The van der Waals surface area contributed by atoms with Gasteiger partial charge in [0.05, 0.1) is 60.2 Å². The van der Waals surface area contributed by atoms with Crippen LogP contribution in [0.2, 0.25) is 0 Å². The number of aryl methyl sites for hydroxylation is 2. The van der Waals surface area contributed by atoms with Crippen molar-refractivity contribution >= 4 is 21.9 Å². The first-order valence-corrected chi connectivity index (χ1v) is 19.5. The topological polar surface area (TPSA) is 119 Å². The summed E-state index contributed by atoms with van der Waals surface area (Å²) in [5.74, 6) is 1.84. The van der Waals surface area contributed by atoms with Gasteiger partial charge in [-0.2, -0.15) is 0 Å². The van der Waals surface area contributed by atoms with Gasteiger partial charge in [-0.05, 0) is 114 Å². The third-order valence-electron chi connectivity index (χ3n) is 10.3. The van der Waals surface area contributed by atoms with Gasteiger partial charge in [-0.25, -0.2) is 4.68 Å². The number of hydrogen-bond donors (Lipinski definition) is 0. The van der Waals surface area contributed by atoms with Crippen molar-refractivity contribution in [2.45, 2.75) is 78.0 Å².